The lowest BCUT2D eigenvalue weighted by Crippen LogP contribution is -2.71. The second-order valence-electron chi connectivity index (χ2n) is 12.5. The number of oxime groups is 1. The summed E-state index contributed by atoms with van der Waals surface area (Å²) in [5.74, 6) is -6.24. The average molecular weight is 787 g/mol. The first-order chi connectivity index (χ1) is 25.7. The smallest absolute Gasteiger partial charge is 0.352 e. The van der Waals surface area contributed by atoms with Gasteiger partial charge in [-0.15, -0.1) is 23.1 Å². The van der Waals surface area contributed by atoms with E-state index in [1.165, 1.54) is 23.3 Å². The van der Waals surface area contributed by atoms with E-state index in [2.05, 4.69) is 15.5 Å². The molecule has 1 unspecified atom stereocenters. The molecule has 0 spiro atoms. The molecule has 3 atom stereocenters. The van der Waals surface area contributed by atoms with E-state index in [1.807, 2.05) is 0 Å². The Morgan fingerprint density at radius 1 is 1.15 bits per heavy atom. The number of unbranched alkanes of at least 4 members (excludes halogenated alkanes) is 3. The van der Waals surface area contributed by atoms with E-state index in [1.54, 1.807) is 29.8 Å². The first-order valence-electron chi connectivity index (χ1n) is 16.5. The van der Waals surface area contributed by atoms with Crippen molar-refractivity contribution < 1.29 is 54.0 Å². The number of β-lactam (4-membered cyclic amide) rings is 1. The van der Waals surface area contributed by atoms with E-state index in [0.29, 0.717) is 54.1 Å². The largest absolute Gasteiger partial charge is 0.503 e. The van der Waals surface area contributed by atoms with Gasteiger partial charge in [0.25, 0.3) is 11.8 Å². The maximum absolute atomic E-state index is 13.3. The van der Waals surface area contributed by atoms with Crippen LogP contribution >= 0.6 is 23.1 Å². The molecule has 2 amide bonds. The number of carboxylic acids is 3. The Balaban J connectivity index is 1.14. The molecule has 1 saturated heterocycles. The summed E-state index contributed by atoms with van der Waals surface area (Å²) in [5, 5.41) is 45.1. The average Bonchev–Trinajstić information content (AvgIpc) is 3.55. The van der Waals surface area contributed by atoms with E-state index in [4.69, 9.17) is 15.7 Å². The van der Waals surface area contributed by atoms with Crippen LogP contribution in [0.1, 0.15) is 49.8 Å². The number of fused-ring (bicyclic) bond motifs is 2. The third kappa shape index (κ3) is 8.85. The molecule has 21 heteroatoms. The molecule has 1 fully saturated rings. The van der Waals surface area contributed by atoms with Crippen molar-refractivity contribution in [1.82, 2.24) is 19.8 Å². The van der Waals surface area contributed by atoms with Crippen LogP contribution in [0.25, 0.3) is 10.9 Å². The summed E-state index contributed by atoms with van der Waals surface area (Å²) in [6.07, 6.45) is 1.39. The summed E-state index contributed by atoms with van der Waals surface area (Å²) >= 11 is 2.18. The number of nitrogens with one attached hydrogen (secondary N) is 1. The third-order valence-electron chi connectivity index (χ3n) is 8.65. The quantitative estimate of drug-likeness (QED) is 0.0351. The predicted molar refractivity (Wildman–Crippen MR) is 194 cm³/mol. The Morgan fingerprint density at radius 3 is 2.56 bits per heavy atom. The number of hydrogen-bond acceptors (Lipinski definition) is 14. The molecule has 0 saturated carbocycles. The Labute approximate surface area is 313 Å². The number of amides is 2. The van der Waals surface area contributed by atoms with Crippen LogP contribution in [0.5, 0.6) is 5.75 Å². The number of aryl methyl sites for hydroxylation is 1. The number of thioether (sulfide) groups is 1. The standard InChI is InChI=1S/C33H35N7O12S2/c1-38-13-21(41)27(44)18-10-16(7-8-20(18)38)12-39(51)9-5-3-2-4-6-17-14-53-30-25(29(46)40(30)26(17)32(49)50)36-28(45)24(19-15-54-33(34)35-19)37-52-22(31(47)48)11-23(42)43/h7-8,10,13,15,22,25,30H,2-6,9,11-12,14H2,1H3,(H6-,34,35,36,41,42,43,45,47,48,49,50)/p+1/b37-24-/t22-,25?,30-/m1/s1. The van der Waals surface area contributed by atoms with E-state index in [9.17, 15) is 49.0 Å². The van der Waals surface area contributed by atoms with E-state index >= 15 is 0 Å². The minimum Gasteiger partial charge on any atom is -0.503 e. The van der Waals surface area contributed by atoms with Gasteiger partial charge in [-0.25, -0.2) is 14.6 Å². The highest BCUT2D eigenvalue weighted by Gasteiger charge is 2.54. The van der Waals surface area contributed by atoms with Gasteiger partial charge >= 0.3 is 17.9 Å². The minimum atomic E-state index is -1.93. The summed E-state index contributed by atoms with van der Waals surface area (Å²) in [5.41, 5.74) is 6.13. The van der Waals surface area contributed by atoms with Crippen LogP contribution < -0.4 is 16.5 Å². The highest BCUT2D eigenvalue weighted by Crippen LogP contribution is 2.41. The molecule has 1 aromatic carbocycles. The minimum absolute atomic E-state index is 0.0333. The predicted octanol–water partition coefficient (Wildman–Crippen LogP) is 1.60. The SMILES string of the molecule is Cn1cc(O)c(=O)c2cc(C[N+](=O)CCCCCCC3=C(C(=O)O)N4C(=O)C(NC(=O)/C(=N\O[C@H](CC(=O)O)C(=O)O)c5csc(N)n5)[C@H]4SC3)ccc21. The van der Waals surface area contributed by atoms with E-state index < -0.39 is 64.8 Å². The van der Waals surface area contributed by atoms with Crippen LogP contribution in [0, 0.1) is 4.91 Å². The van der Waals surface area contributed by atoms with Gasteiger partial charge in [-0.3, -0.25) is 24.1 Å². The normalized spacial score (nSPS) is 17.5. The molecule has 0 radical (unpaired) electrons. The number of aromatic hydroxyl groups is 1. The molecule has 2 aliphatic heterocycles. The molecule has 7 N–H and O–H groups in total. The highest BCUT2D eigenvalue weighted by atomic mass is 32.2. The Kier molecular flexibility index (Phi) is 12.3. The molecule has 3 aromatic rings. The molecule has 2 aliphatic rings. The van der Waals surface area contributed by atoms with Crippen LogP contribution in [-0.2, 0) is 42.4 Å². The molecule has 54 heavy (non-hydrogen) atoms. The zero-order chi connectivity index (χ0) is 39.3. The number of nitrogen functional groups attached to an aromatic ring is 1. The van der Waals surface area contributed by atoms with Crippen LogP contribution in [0.4, 0.5) is 5.13 Å². The lowest BCUT2D eigenvalue weighted by atomic mass is 9.99. The Bertz CT molecular complexity index is 2150. The summed E-state index contributed by atoms with van der Waals surface area (Å²) < 4.78 is 2.52. The lowest BCUT2D eigenvalue weighted by molar-refractivity contribution is -0.565. The van der Waals surface area contributed by atoms with Crippen molar-refractivity contribution in [3.05, 3.63) is 67.4 Å². The zero-order valence-electron chi connectivity index (χ0n) is 28.7. The monoisotopic (exact) mass is 786 g/mol. The van der Waals surface area contributed by atoms with Crippen molar-refractivity contribution in [1.29, 1.82) is 0 Å². The van der Waals surface area contributed by atoms with Gasteiger partial charge in [0.2, 0.25) is 18.1 Å². The molecular formula is C33H36N7O12S2+. The number of aromatic nitrogens is 2. The molecule has 5 rings (SSSR count). The number of nitroso groups, excluding NO2 is 1. The molecule has 2 aromatic heterocycles. The Hall–Kier alpha value is -5.83. The molecule has 4 heterocycles. The number of carbonyl (C=O) groups excluding carboxylic acids is 2. The van der Waals surface area contributed by atoms with Crippen LogP contribution in [-0.4, -0.2) is 105 Å². The number of pyridine rings is 1. The number of carboxylic acid groups (broad SMARTS) is 3. The molecule has 0 aliphatic carbocycles. The number of nitrogens with two attached hydrogens (primary N) is 1. The van der Waals surface area contributed by atoms with E-state index in [-0.39, 0.29) is 41.1 Å². The molecule has 286 valence electrons. The number of nitrogens with zero attached hydrogens (tertiary/aromatic N) is 5. The maximum atomic E-state index is 13.3. The van der Waals surface area contributed by atoms with Crippen molar-refractivity contribution in [2.24, 2.45) is 12.2 Å². The second kappa shape index (κ2) is 16.9. The summed E-state index contributed by atoms with van der Waals surface area (Å²) in [6, 6.07) is 3.92. The van der Waals surface area contributed by atoms with Gasteiger partial charge in [-0.2, -0.15) is 0 Å². The number of thiazole rings is 1. The number of hydrogen-bond donors (Lipinski definition) is 6. The van der Waals surface area contributed by atoms with Gasteiger partial charge in [0.05, 0.1) is 23.5 Å². The Morgan fingerprint density at radius 2 is 1.89 bits per heavy atom. The van der Waals surface area contributed by atoms with Crippen molar-refractivity contribution >= 4 is 74.6 Å². The van der Waals surface area contributed by atoms with Crippen molar-refractivity contribution in [3.8, 4) is 5.75 Å². The van der Waals surface area contributed by atoms with Gasteiger partial charge in [0, 0.05) is 39.8 Å². The van der Waals surface area contributed by atoms with Crippen LogP contribution in [0.3, 0.4) is 0 Å². The number of aliphatic carboxylic acids is 3. The summed E-state index contributed by atoms with van der Waals surface area (Å²) in [6.45, 7) is 0.301. The molecule has 0 bridgehead atoms. The van der Waals surface area contributed by atoms with Gasteiger partial charge in [0.1, 0.15) is 22.8 Å². The zero-order valence-corrected chi connectivity index (χ0v) is 30.3. The first kappa shape index (κ1) is 39.4. The number of benzene rings is 1. The van der Waals surface area contributed by atoms with Crippen molar-refractivity contribution in [3.63, 3.8) is 0 Å². The topological polar surface area (TPSA) is 284 Å². The van der Waals surface area contributed by atoms with E-state index in [0.717, 1.165) is 21.0 Å². The van der Waals surface area contributed by atoms with Gasteiger partial charge < -0.3 is 40.9 Å². The fourth-order valence-electron chi connectivity index (χ4n) is 6.01. The van der Waals surface area contributed by atoms with Gasteiger partial charge in [0.15, 0.2) is 23.1 Å². The van der Waals surface area contributed by atoms with Crippen LogP contribution in [0.2, 0.25) is 0 Å². The van der Waals surface area contributed by atoms with Gasteiger partial charge in [-0.1, -0.05) is 17.6 Å². The number of carbonyl (C=O) groups is 5. The summed E-state index contributed by atoms with van der Waals surface area (Å²) in [4.78, 5) is 96.2. The van der Waals surface area contributed by atoms with Gasteiger partial charge in [-0.05, 0) is 37.0 Å². The summed E-state index contributed by atoms with van der Waals surface area (Å²) in [7, 11) is 1.71. The fraction of sp³-hybridized carbons (Fsp3) is 0.394. The fourth-order valence-corrected chi connectivity index (χ4v) is 7.95. The third-order valence-corrected chi connectivity index (χ3v) is 10.7. The first-order valence-corrected chi connectivity index (χ1v) is 18.4. The van der Waals surface area contributed by atoms with Crippen LogP contribution in [0.15, 0.2) is 51.0 Å². The number of anilines is 1. The maximum Gasteiger partial charge on any atom is 0.352 e. The molecular weight excluding hydrogens is 751 g/mol. The lowest BCUT2D eigenvalue weighted by Gasteiger charge is -2.49. The van der Waals surface area contributed by atoms with Crippen molar-refractivity contribution in [2.75, 3.05) is 18.0 Å². The van der Waals surface area contributed by atoms with Crippen molar-refractivity contribution in [2.45, 2.75) is 62.6 Å². The highest BCUT2D eigenvalue weighted by molar-refractivity contribution is 8.00. The second-order valence-corrected chi connectivity index (χ2v) is 14.5. The number of rotatable bonds is 18. The molecule has 19 nitrogen and oxygen atoms in total.